The molecule has 0 spiro atoms. The minimum absolute atomic E-state index is 0.116. The van der Waals surface area contributed by atoms with Crippen molar-refractivity contribution in [3.63, 3.8) is 0 Å². The second kappa shape index (κ2) is 5.58. The van der Waals surface area contributed by atoms with Gasteiger partial charge < -0.3 is 10.5 Å². The third-order valence-corrected chi connectivity index (χ3v) is 2.76. The number of benzene rings is 2. The van der Waals surface area contributed by atoms with Gasteiger partial charge in [0.15, 0.2) is 0 Å². The smallest absolute Gasteiger partial charge is 0.314 e. The first kappa shape index (κ1) is 14.4. The number of amidine groups is 1. The van der Waals surface area contributed by atoms with Gasteiger partial charge in [-0.3, -0.25) is 15.5 Å². The van der Waals surface area contributed by atoms with E-state index in [4.69, 9.17) is 15.9 Å². The number of nitro benzene ring substituents is 1. The number of aryl methyl sites for hydroxylation is 1. The lowest BCUT2D eigenvalue weighted by Gasteiger charge is -2.11. The summed E-state index contributed by atoms with van der Waals surface area (Å²) in [6.45, 7) is 1.80. The van der Waals surface area contributed by atoms with Crippen molar-refractivity contribution in [3.05, 3.63) is 63.5 Å². The molecule has 0 saturated carbocycles. The highest BCUT2D eigenvalue weighted by Crippen LogP contribution is 2.33. The second-order valence-corrected chi connectivity index (χ2v) is 4.38. The average Bonchev–Trinajstić information content (AvgIpc) is 2.40. The quantitative estimate of drug-likeness (QED) is 0.390. The molecule has 2 aromatic rings. The van der Waals surface area contributed by atoms with E-state index in [-0.39, 0.29) is 17.3 Å². The summed E-state index contributed by atoms with van der Waals surface area (Å²) < 4.78 is 18.6. The fourth-order valence-corrected chi connectivity index (χ4v) is 1.77. The number of nitrogens with two attached hydrogens (primary N) is 1. The van der Waals surface area contributed by atoms with Crippen LogP contribution in [0.4, 0.5) is 10.1 Å². The van der Waals surface area contributed by atoms with E-state index in [2.05, 4.69) is 0 Å². The molecule has 108 valence electrons. The number of nitro groups is 1. The van der Waals surface area contributed by atoms with Crippen molar-refractivity contribution in [1.29, 1.82) is 5.41 Å². The van der Waals surface area contributed by atoms with Crippen molar-refractivity contribution in [1.82, 2.24) is 0 Å². The van der Waals surface area contributed by atoms with E-state index >= 15 is 0 Å². The average molecular weight is 289 g/mol. The molecule has 0 heterocycles. The number of nitrogens with one attached hydrogen (secondary N) is 1. The molecular formula is C14H12FN3O3. The van der Waals surface area contributed by atoms with Crippen LogP contribution in [-0.2, 0) is 0 Å². The predicted molar refractivity (Wildman–Crippen MR) is 75.3 cm³/mol. The van der Waals surface area contributed by atoms with Crippen LogP contribution in [-0.4, -0.2) is 10.8 Å². The molecule has 21 heavy (non-hydrogen) atoms. The van der Waals surface area contributed by atoms with Gasteiger partial charge >= 0.3 is 5.69 Å². The minimum Gasteiger partial charge on any atom is -0.449 e. The van der Waals surface area contributed by atoms with Gasteiger partial charge in [-0.1, -0.05) is 6.07 Å². The van der Waals surface area contributed by atoms with Crippen LogP contribution in [0.25, 0.3) is 0 Å². The Hall–Kier alpha value is -2.96. The summed E-state index contributed by atoms with van der Waals surface area (Å²) in [4.78, 5) is 10.2. The molecule has 0 aromatic heterocycles. The summed E-state index contributed by atoms with van der Waals surface area (Å²) in [5, 5.41) is 18.4. The zero-order chi connectivity index (χ0) is 15.6. The van der Waals surface area contributed by atoms with Crippen molar-refractivity contribution in [2.45, 2.75) is 6.92 Å². The Morgan fingerprint density at radius 1 is 1.29 bits per heavy atom. The summed E-state index contributed by atoms with van der Waals surface area (Å²) in [6.07, 6.45) is 0. The molecular weight excluding hydrogens is 277 g/mol. The Bertz CT molecular complexity index is 731. The lowest BCUT2D eigenvalue weighted by Crippen LogP contribution is -2.12. The van der Waals surface area contributed by atoms with Crippen LogP contribution in [0.15, 0.2) is 36.4 Å². The van der Waals surface area contributed by atoms with Crippen molar-refractivity contribution in [3.8, 4) is 11.5 Å². The van der Waals surface area contributed by atoms with E-state index in [0.29, 0.717) is 5.56 Å². The molecule has 0 aliphatic heterocycles. The summed E-state index contributed by atoms with van der Waals surface area (Å²) in [6, 6.07) is 7.93. The zero-order valence-corrected chi connectivity index (χ0v) is 11.1. The van der Waals surface area contributed by atoms with Crippen molar-refractivity contribution >= 4 is 11.5 Å². The fourth-order valence-electron chi connectivity index (χ4n) is 1.77. The third kappa shape index (κ3) is 3.14. The third-order valence-electron chi connectivity index (χ3n) is 2.76. The van der Waals surface area contributed by atoms with Gasteiger partial charge in [-0.05, 0) is 36.8 Å². The summed E-state index contributed by atoms with van der Waals surface area (Å²) in [5.41, 5.74) is 6.09. The highest BCUT2D eigenvalue weighted by Gasteiger charge is 2.18. The number of rotatable bonds is 4. The lowest BCUT2D eigenvalue weighted by atomic mass is 10.1. The first-order valence-corrected chi connectivity index (χ1v) is 5.95. The topological polar surface area (TPSA) is 102 Å². The molecule has 0 aliphatic carbocycles. The Morgan fingerprint density at radius 3 is 2.62 bits per heavy atom. The van der Waals surface area contributed by atoms with Gasteiger partial charge in [-0.15, -0.1) is 0 Å². The van der Waals surface area contributed by atoms with Crippen LogP contribution in [0.1, 0.15) is 11.1 Å². The predicted octanol–water partition coefficient (Wildman–Crippen LogP) is 3.12. The van der Waals surface area contributed by atoms with Crippen LogP contribution < -0.4 is 10.5 Å². The molecule has 0 fully saturated rings. The summed E-state index contributed by atoms with van der Waals surface area (Å²) in [7, 11) is 0. The Kier molecular flexibility index (Phi) is 3.84. The van der Waals surface area contributed by atoms with Crippen LogP contribution in [0.5, 0.6) is 11.5 Å². The number of hydrogen-bond acceptors (Lipinski definition) is 4. The first-order chi connectivity index (χ1) is 9.88. The highest BCUT2D eigenvalue weighted by atomic mass is 19.1. The molecule has 6 nitrogen and oxygen atoms in total. The van der Waals surface area contributed by atoms with Gasteiger partial charge in [0.2, 0.25) is 5.75 Å². The standard InChI is InChI=1S/C14H12FN3O3/c1-8-2-4-10(14(16)17)13(6-8)21-12-5-3-9(15)7-11(12)18(19)20/h2-7H,1H3,(H3,16,17). The second-order valence-electron chi connectivity index (χ2n) is 4.38. The molecule has 0 aliphatic rings. The SMILES string of the molecule is Cc1ccc(C(=N)N)c(Oc2ccc(F)cc2[N+](=O)[O-])c1. The van der Waals surface area contributed by atoms with E-state index < -0.39 is 16.4 Å². The van der Waals surface area contributed by atoms with Gasteiger partial charge in [0.05, 0.1) is 16.6 Å². The maximum absolute atomic E-state index is 13.1. The summed E-state index contributed by atoms with van der Waals surface area (Å²) >= 11 is 0. The zero-order valence-electron chi connectivity index (χ0n) is 11.1. The number of halogens is 1. The molecule has 0 atom stereocenters. The minimum atomic E-state index is -0.734. The Balaban J connectivity index is 2.50. The molecule has 7 heteroatoms. The molecule has 0 amide bonds. The van der Waals surface area contributed by atoms with Gasteiger partial charge in [-0.25, -0.2) is 4.39 Å². The molecule has 0 bridgehead atoms. The first-order valence-electron chi connectivity index (χ1n) is 5.95. The largest absolute Gasteiger partial charge is 0.449 e. The van der Waals surface area contributed by atoms with Gasteiger partial charge in [0.25, 0.3) is 0 Å². The van der Waals surface area contributed by atoms with E-state index in [0.717, 1.165) is 17.7 Å². The molecule has 0 radical (unpaired) electrons. The fraction of sp³-hybridized carbons (Fsp3) is 0.0714. The van der Waals surface area contributed by atoms with Crippen LogP contribution in [0.3, 0.4) is 0 Å². The molecule has 2 aromatic carbocycles. The number of ether oxygens (including phenoxy) is 1. The molecule has 3 N–H and O–H groups in total. The summed E-state index contributed by atoms with van der Waals surface area (Å²) in [5.74, 6) is -0.869. The van der Waals surface area contributed by atoms with Gasteiger partial charge in [-0.2, -0.15) is 0 Å². The van der Waals surface area contributed by atoms with Crippen molar-refractivity contribution in [2.75, 3.05) is 0 Å². The van der Waals surface area contributed by atoms with Gasteiger partial charge in [0.1, 0.15) is 17.4 Å². The highest BCUT2D eigenvalue weighted by molar-refractivity contribution is 5.97. The van der Waals surface area contributed by atoms with Crippen LogP contribution in [0.2, 0.25) is 0 Å². The monoisotopic (exact) mass is 289 g/mol. The van der Waals surface area contributed by atoms with E-state index in [1.807, 2.05) is 0 Å². The van der Waals surface area contributed by atoms with Crippen LogP contribution >= 0.6 is 0 Å². The van der Waals surface area contributed by atoms with E-state index in [1.165, 1.54) is 6.07 Å². The number of hydrogen-bond donors (Lipinski definition) is 2. The molecule has 0 saturated heterocycles. The maximum atomic E-state index is 13.1. The molecule has 0 unspecified atom stereocenters. The maximum Gasteiger partial charge on any atom is 0.314 e. The van der Waals surface area contributed by atoms with Crippen molar-refractivity contribution in [2.24, 2.45) is 5.73 Å². The van der Waals surface area contributed by atoms with Gasteiger partial charge in [0, 0.05) is 0 Å². The number of nitrogen functional groups attached to an aromatic ring is 1. The van der Waals surface area contributed by atoms with Crippen molar-refractivity contribution < 1.29 is 14.1 Å². The lowest BCUT2D eigenvalue weighted by molar-refractivity contribution is -0.385. The normalized spacial score (nSPS) is 10.2. The Labute approximate surface area is 119 Å². The number of nitrogens with zero attached hydrogens (tertiary/aromatic N) is 1. The molecule has 2 rings (SSSR count). The van der Waals surface area contributed by atoms with Crippen LogP contribution in [0, 0.1) is 28.3 Å². The van der Waals surface area contributed by atoms with E-state index in [9.17, 15) is 14.5 Å². The van der Waals surface area contributed by atoms with E-state index in [1.54, 1.807) is 25.1 Å². The Morgan fingerprint density at radius 2 is 2.00 bits per heavy atom.